The number of aliphatic imine (C=N–C) groups is 1. The summed E-state index contributed by atoms with van der Waals surface area (Å²) in [5.74, 6) is 2.43. The predicted octanol–water partition coefficient (Wildman–Crippen LogP) is 1.24. The maximum atomic E-state index is 12.6. The third-order valence-corrected chi connectivity index (χ3v) is 5.39. The topological polar surface area (TPSA) is 69.0 Å². The Hall–Kier alpha value is -1.36. The number of aryl methyl sites for hydroxylation is 1. The Morgan fingerprint density at radius 2 is 2.00 bits per heavy atom. The summed E-state index contributed by atoms with van der Waals surface area (Å²) in [5.41, 5.74) is 0.860. The van der Waals surface area contributed by atoms with E-state index in [2.05, 4.69) is 34.2 Å². The van der Waals surface area contributed by atoms with Crippen LogP contribution in [0.4, 0.5) is 5.69 Å². The lowest BCUT2D eigenvalue weighted by Gasteiger charge is -2.37. The molecule has 2 aliphatic heterocycles. The molecule has 2 aliphatic rings. The fraction of sp³-hybridized carbons (Fsp3) is 0.737. The molecule has 28 heavy (non-hydrogen) atoms. The van der Waals surface area contributed by atoms with E-state index in [0.717, 1.165) is 43.1 Å². The average Bonchev–Trinajstić information content (AvgIpc) is 3.04. The fourth-order valence-corrected chi connectivity index (χ4v) is 4.31. The molecule has 0 spiro atoms. The van der Waals surface area contributed by atoms with Crippen LogP contribution in [0, 0.1) is 11.8 Å². The zero-order valence-electron chi connectivity index (χ0n) is 17.5. The summed E-state index contributed by atoms with van der Waals surface area (Å²) in [5, 5.41) is 7.60. The molecule has 1 aromatic heterocycles. The molecule has 3 heterocycles. The number of rotatable bonds is 4. The number of hydrogen-bond donors (Lipinski definition) is 1. The Labute approximate surface area is 185 Å². The first kappa shape index (κ1) is 22.9. The molecule has 3 rings (SSSR count). The van der Waals surface area contributed by atoms with Gasteiger partial charge in [-0.05, 0) is 18.3 Å². The second kappa shape index (κ2) is 10.4. The van der Waals surface area contributed by atoms with E-state index in [0.29, 0.717) is 13.1 Å². The Morgan fingerprint density at radius 3 is 2.57 bits per heavy atom. The molecule has 1 N–H and O–H groups in total. The summed E-state index contributed by atoms with van der Waals surface area (Å²) in [6.45, 7) is 10.6. The van der Waals surface area contributed by atoms with Gasteiger partial charge in [-0.2, -0.15) is 5.10 Å². The SMILES string of the molecule is CN=C(NCCN1CC(C)CC(C)C1)N1CCN(c2cnn(C)c2)C(=O)C1.I. The number of piperazine rings is 1. The molecule has 0 bridgehead atoms. The zero-order valence-corrected chi connectivity index (χ0v) is 19.8. The smallest absolute Gasteiger partial charge is 0.246 e. The number of nitrogens with one attached hydrogen (secondary N) is 1. The van der Waals surface area contributed by atoms with Crippen LogP contribution in [0.3, 0.4) is 0 Å². The van der Waals surface area contributed by atoms with E-state index in [4.69, 9.17) is 0 Å². The standard InChI is InChI=1S/C19H33N7O.HI/c1-15-9-16(2)12-24(11-15)6-5-21-19(20-3)25-7-8-26(18(27)14-25)17-10-22-23(4)13-17;/h10,13,15-16H,5-9,11-12,14H2,1-4H3,(H,20,21);1H. The molecule has 2 fully saturated rings. The van der Waals surface area contributed by atoms with Crippen LogP contribution in [-0.2, 0) is 11.8 Å². The molecule has 158 valence electrons. The van der Waals surface area contributed by atoms with Gasteiger partial charge in [0, 0.05) is 59.6 Å². The molecule has 0 radical (unpaired) electrons. The summed E-state index contributed by atoms with van der Waals surface area (Å²) < 4.78 is 1.72. The van der Waals surface area contributed by atoms with Crippen molar-refractivity contribution in [2.24, 2.45) is 23.9 Å². The molecule has 0 aromatic carbocycles. The quantitative estimate of drug-likeness (QED) is 0.381. The van der Waals surface area contributed by atoms with Crippen LogP contribution < -0.4 is 10.2 Å². The minimum atomic E-state index is 0. The number of aromatic nitrogens is 2. The lowest BCUT2D eigenvalue weighted by atomic mass is 9.92. The third kappa shape index (κ3) is 5.82. The highest BCUT2D eigenvalue weighted by Crippen LogP contribution is 2.20. The van der Waals surface area contributed by atoms with Gasteiger partial charge in [-0.15, -0.1) is 24.0 Å². The van der Waals surface area contributed by atoms with Crippen molar-refractivity contribution in [3.05, 3.63) is 12.4 Å². The predicted molar refractivity (Wildman–Crippen MR) is 123 cm³/mol. The Morgan fingerprint density at radius 1 is 1.29 bits per heavy atom. The summed E-state index contributed by atoms with van der Waals surface area (Å²) in [4.78, 5) is 23.3. The van der Waals surface area contributed by atoms with Gasteiger partial charge in [0.25, 0.3) is 0 Å². The van der Waals surface area contributed by atoms with Crippen molar-refractivity contribution < 1.29 is 4.79 Å². The third-order valence-electron chi connectivity index (χ3n) is 5.39. The van der Waals surface area contributed by atoms with E-state index in [1.165, 1.54) is 19.5 Å². The summed E-state index contributed by atoms with van der Waals surface area (Å²) in [7, 11) is 3.64. The summed E-state index contributed by atoms with van der Waals surface area (Å²) in [6, 6.07) is 0. The molecular formula is C19H34IN7O. The highest BCUT2D eigenvalue weighted by molar-refractivity contribution is 14.0. The zero-order chi connectivity index (χ0) is 19.4. The van der Waals surface area contributed by atoms with E-state index in [1.54, 1.807) is 22.8 Å². The number of carbonyl (C=O) groups is 1. The van der Waals surface area contributed by atoms with Gasteiger partial charge >= 0.3 is 0 Å². The van der Waals surface area contributed by atoms with Gasteiger partial charge in [-0.1, -0.05) is 13.8 Å². The number of piperidine rings is 1. The Kier molecular flexibility index (Phi) is 8.54. The monoisotopic (exact) mass is 503 g/mol. The molecule has 9 heteroatoms. The van der Waals surface area contributed by atoms with Gasteiger partial charge in [0.05, 0.1) is 11.9 Å². The van der Waals surface area contributed by atoms with Crippen molar-refractivity contribution in [3.8, 4) is 0 Å². The van der Waals surface area contributed by atoms with Crippen LogP contribution in [0.2, 0.25) is 0 Å². The maximum Gasteiger partial charge on any atom is 0.246 e. The van der Waals surface area contributed by atoms with Crippen LogP contribution in [0.25, 0.3) is 0 Å². The number of likely N-dealkylation sites (tertiary alicyclic amines) is 1. The number of amides is 1. The summed E-state index contributed by atoms with van der Waals surface area (Å²) >= 11 is 0. The first-order chi connectivity index (χ1) is 13.0. The molecule has 2 saturated heterocycles. The van der Waals surface area contributed by atoms with Gasteiger partial charge in [-0.3, -0.25) is 14.5 Å². The van der Waals surface area contributed by atoms with Gasteiger partial charge < -0.3 is 20.0 Å². The van der Waals surface area contributed by atoms with E-state index in [1.807, 2.05) is 18.1 Å². The molecule has 8 nitrogen and oxygen atoms in total. The second-order valence-corrected chi connectivity index (χ2v) is 8.02. The first-order valence-electron chi connectivity index (χ1n) is 9.93. The molecule has 0 saturated carbocycles. The number of anilines is 1. The Balaban J connectivity index is 0.00000280. The lowest BCUT2D eigenvalue weighted by molar-refractivity contribution is -0.120. The second-order valence-electron chi connectivity index (χ2n) is 8.02. The van der Waals surface area contributed by atoms with Gasteiger partial charge in [0.2, 0.25) is 5.91 Å². The highest BCUT2D eigenvalue weighted by atomic mass is 127. The molecule has 2 unspecified atom stereocenters. The van der Waals surface area contributed by atoms with Crippen molar-refractivity contribution in [2.75, 3.05) is 57.8 Å². The highest BCUT2D eigenvalue weighted by Gasteiger charge is 2.28. The van der Waals surface area contributed by atoms with Gasteiger partial charge in [-0.25, -0.2) is 0 Å². The lowest BCUT2D eigenvalue weighted by Crippen LogP contribution is -2.56. The largest absolute Gasteiger partial charge is 0.355 e. The Bertz CT molecular complexity index is 667. The minimum absolute atomic E-state index is 0. The molecule has 2 atom stereocenters. The van der Waals surface area contributed by atoms with Gasteiger partial charge in [0.15, 0.2) is 5.96 Å². The maximum absolute atomic E-state index is 12.6. The van der Waals surface area contributed by atoms with E-state index >= 15 is 0 Å². The van der Waals surface area contributed by atoms with Gasteiger partial charge in [0.1, 0.15) is 6.54 Å². The molecule has 0 aliphatic carbocycles. The van der Waals surface area contributed by atoms with Crippen molar-refractivity contribution in [3.63, 3.8) is 0 Å². The van der Waals surface area contributed by atoms with E-state index < -0.39 is 0 Å². The van der Waals surface area contributed by atoms with Crippen LogP contribution in [0.15, 0.2) is 17.4 Å². The van der Waals surface area contributed by atoms with Crippen LogP contribution in [0.1, 0.15) is 20.3 Å². The van der Waals surface area contributed by atoms with E-state index in [-0.39, 0.29) is 29.9 Å². The number of guanidine groups is 1. The van der Waals surface area contributed by atoms with Crippen molar-refractivity contribution in [1.29, 1.82) is 0 Å². The average molecular weight is 503 g/mol. The fourth-order valence-electron chi connectivity index (χ4n) is 4.31. The number of carbonyl (C=O) groups excluding carboxylic acids is 1. The number of halogens is 1. The van der Waals surface area contributed by atoms with Crippen molar-refractivity contribution in [1.82, 2.24) is 24.9 Å². The first-order valence-corrected chi connectivity index (χ1v) is 9.93. The number of nitrogens with zero attached hydrogens (tertiary/aromatic N) is 6. The molecular weight excluding hydrogens is 469 g/mol. The van der Waals surface area contributed by atoms with Crippen LogP contribution >= 0.6 is 24.0 Å². The number of hydrogen-bond acceptors (Lipinski definition) is 4. The summed E-state index contributed by atoms with van der Waals surface area (Å²) in [6.07, 6.45) is 4.94. The van der Waals surface area contributed by atoms with Crippen molar-refractivity contribution >= 4 is 41.5 Å². The normalized spacial score (nSPS) is 24.3. The van der Waals surface area contributed by atoms with Crippen molar-refractivity contribution in [2.45, 2.75) is 20.3 Å². The minimum Gasteiger partial charge on any atom is -0.355 e. The molecule has 1 amide bonds. The van der Waals surface area contributed by atoms with Crippen LogP contribution in [0.5, 0.6) is 0 Å². The van der Waals surface area contributed by atoms with Crippen LogP contribution in [-0.4, -0.2) is 84.3 Å². The molecule has 1 aromatic rings. The van der Waals surface area contributed by atoms with E-state index in [9.17, 15) is 4.79 Å².